The van der Waals surface area contributed by atoms with E-state index in [1.54, 1.807) is 11.3 Å². The predicted molar refractivity (Wildman–Crippen MR) is 90.5 cm³/mol. The summed E-state index contributed by atoms with van der Waals surface area (Å²) in [5.41, 5.74) is 3.28. The molecule has 0 aliphatic carbocycles. The first-order chi connectivity index (χ1) is 11.2. The molecule has 1 atom stereocenters. The Kier molecular flexibility index (Phi) is 3.20. The normalized spacial score (nSPS) is 17.0. The van der Waals surface area contributed by atoms with Gasteiger partial charge in [-0.1, -0.05) is 18.2 Å². The number of hydrogen-bond donors (Lipinski definition) is 1. The van der Waals surface area contributed by atoms with E-state index >= 15 is 0 Å². The number of ether oxygens (including phenoxy) is 1. The van der Waals surface area contributed by atoms with Gasteiger partial charge in [0.2, 0.25) is 5.95 Å². The van der Waals surface area contributed by atoms with Crippen molar-refractivity contribution in [2.75, 3.05) is 12.4 Å². The van der Waals surface area contributed by atoms with Crippen LogP contribution in [0.3, 0.4) is 0 Å². The van der Waals surface area contributed by atoms with Crippen molar-refractivity contribution in [3.8, 4) is 0 Å². The molecule has 116 valence electrons. The van der Waals surface area contributed by atoms with Gasteiger partial charge in [-0.3, -0.25) is 4.57 Å². The number of nitrogens with one attached hydrogen (secondary N) is 1. The first kappa shape index (κ1) is 14.0. The second-order valence-electron chi connectivity index (χ2n) is 5.37. The first-order valence-electron chi connectivity index (χ1n) is 7.27. The Morgan fingerprint density at radius 3 is 2.87 bits per heavy atom. The van der Waals surface area contributed by atoms with E-state index in [9.17, 15) is 4.79 Å². The maximum absolute atomic E-state index is 12.4. The Labute approximate surface area is 137 Å². The quantitative estimate of drug-likeness (QED) is 0.732. The van der Waals surface area contributed by atoms with Crippen molar-refractivity contribution in [1.82, 2.24) is 9.55 Å². The highest BCUT2D eigenvalue weighted by Gasteiger charge is 2.35. The van der Waals surface area contributed by atoms with Crippen molar-refractivity contribution < 1.29 is 9.53 Å². The maximum atomic E-state index is 12.4. The topological polar surface area (TPSA) is 56.1 Å². The van der Waals surface area contributed by atoms with Crippen LogP contribution in [-0.4, -0.2) is 22.6 Å². The second-order valence-corrected chi connectivity index (χ2v) is 6.35. The molecule has 0 bridgehead atoms. The van der Waals surface area contributed by atoms with E-state index < -0.39 is 0 Å². The van der Waals surface area contributed by atoms with Gasteiger partial charge in [-0.05, 0) is 30.5 Å². The molecule has 2 aromatic heterocycles. The summed E-state index contributed by atoms with van der Waals surface area (Å²) in [4.78, 5) is 18.1. The van der Waals surface area contributed by atoms with Crippen LogP contribution >= 0.6 is 11.3 Å². The van der Waals surface area contributed by atoms with E-state index in [0.29, 0.717) is 5.57 Å². The molecule has 1 N–H and O–H groups in total. The van der Waals surface area contributed by atoms with Gasteiger partial charge in [0, 0.05) is 10.6 Å². The Balaban J connectivity index is 2.02. The Hall–Kier alpha value is -2.60. The number of hydrogen-bond acceptors (Lipinski definition) is 5. The van der Waals surface area contributed by atoms with Crippen LogP contribution in [0.15, 0.2) is 53.0 Å². The van der Waals surface area contributed by atoms with E-state index in [1.807, 2.05) is 48.7 Å². The number of thiophene rings is 1. The molecular weight excluding hydrogens is 310 g/mol. The number of carbonyl (C=O) groups excluding carboxylic acids is 1. The summed E-state index contributed by atoms with van der Waals surface area (Å²) in [5, 5.41) is 5.26. The zero-order valence-electron chi connectivity index (χ0n) is 12.7. The minimum atomic E-state index is -0.322. The zero-order valence-corrected chi connectivity index (χ0v) is 13.6. The molecule has 5 nitrogen and oxygen atoms in total. The van der Waals surface area contributed by atoms with Gasteiger partial charge in [0.15, 0.2) is 0 Å². The van der Waals surface area contributed by atoms with Crippen LogP contribution in [0, 0.1) is 0 Å². The number of carbonyl (C=O) groups is 1. The molecule has 1 aliphatic rings. The number of esters is 1. The molecule has 4 rings (SSSR count). The predicted octanol–water partition coefficient (Wildman–Crippen LogP) is 3.56. The van der Waals surface area contributed by atoms with Crippen LogP contribution in [0.1, 0.15) is 17.8 Å². The maximum Gasteiger partial charge on any atom is 0.338 e. The van der Waals surface area contributed by atoms with Gasteiger partial charge < -0.3 is 10.1 Å². The summed E-state index contributed by atoms with van der Waals surface area (Å²) in [5.74, 6) is 0.423. The average Bonchev–Trinajstić information content (AvgIpc) is 3.20. The third-order valence-corrected chi connectivity index (χ3v) is 4.97. The van der Waals surface area contributed by atoms with Crippen molar-refractivity contribution in [2.24, 2.45) is 0 Å². The van der Waals surface area contributed by atoms with Crippen molar-refractivity contribution in [3.63, 3.8) is 0 Å². The summed E-state index contributed by atoms with van der Waals surface area (Å²) >= 11 is 1.62. The van der Waals surface area contributed by atoms with Crippen LogP contribution < -0.4 is 5.32 Å². The van der Waals surface area contributed by atoms with E-state index in [-0.39, 0.29) is 12.0 Å². The number of methoxy groups -OCH3 is 1. The summed E-state index contributed by atoms with van der Waals surface area (Å²) in [6, 6.07) is 11.7. The van der Waals surface area contributed by atoms with Gasteiger partial charge in [0.1, 0.15) is 6.04 Å². The van der Waals surface area contributed by atoms with Crippen LogP contribution in [0.5, 0.6) is 0 Å². The summed E-state index contributed by atoms with van der Waals surface area (Å²) in [7, 11) is 1.41. The molecule has 23 heavy (non-hydrogen) atoms. The number of imidazole rings is 1. The van der Waals surface area contributed by atoms with Crippen molar-refractivity contribution in [1.29, 1.82) is 0 Å². The largest absolute Gasteiger partial charge is 0.466 e. The van der Waals surface area contributed by atoms with Gasteiger partial charge >= 0.3 is 5.97 Å². The molecular formula is C17H15N3O2S. The van der Waals surface area contributed by atoms with Crippen LogP contribution in [0.25, 0.3) is 11.0 Å². The van der Waals surface area contributed by atoms with Gasteiger partial charge in [0.25, 0.3) is 0 Å². The van der Waals surface area contributed by atoms with E-state index in [4.69, 9.17) is 4.74 Å². The Bertz CT molecular complexity index is 925. The highest BCUT2D eigenvalue weighted by molar-refractivity contribution is 7.10. The summed E-state index contributed by atoms with van der Waals surface area (Å²) in [6.45, 7) is 1.88. The van der Waals surface area contributed by atoms with Crippen molar-refractivity contribution >= 4 is 34.3 Å². The van der Waals surface area contributed by atoms with E-state index in [2.05, 4.69) is 14.9 Å². The lowest BCUT2D eigenvalue weighted by atomic mass is 10.0. The number of rotatable bonds is 2. The minimum Gasteiger partial charge on any atom is -0.466 e. The smallest absolute Gasteiger partial charge is 0.338 e. The number of fused-ring (bicyclic) bond motifs is 3. The third-order valence-electron chi connectivity index (χ3n) is 4.05. The number of benzene rings is 1. The van der Waals surface area contributed by atoms with Crippen LogP contribution in [0.4, 0.5) is 5.95 Å². The number of para-hydroxylation sites is 2. The molecule has 0 amide bonds. The van der Waals surface area contributed by atoms with Gasteiger partial charge in [0.05, 0.1) is 23.7 Å². The number of nitrogens with zero attached hydrogens (tertiary/aromatic N) is 2. The van der Waals surface area contributed by atoms with Gasteiger partial charge in [-0.25, -0.2) is 9.78 Å². The molecule has 1 unspecified atom stereocenters. The molecule has 0 saturated heterocycles. The number of anilines is 1. The van der Waals surface area contributed by atoms with Crippen LogP contribution in [0.2, 0.25) is 0 Å². The van der Waals surface area contributed by atoms with Crippen LogP contribution in [-0.2, 0) is 9.53 Å². The minimum absolute atomic E-state index is 0.230. The molecule has 0 spiro atoms. The zero-order chi connectivity index (χ0) is 16.0. The average molecular weight is 325 g/mol. The van der Waals surface area contributed by atoms with Gasteiger partial charge in [-0.15, -0.1) is 11.3 Å². The molecule has 6 heteroatoms. The monoisotopic (exact) mass is 325 g/mol. The highest BCUT2D eigenvalue weighted by Crippen LogP contribution is 2.40. The fraction of sp³-hybridized carbons (Fsp3) is 0.176. The first-order valence-corrected chi connectivity index (χ1v) is 8.15. The fourth-order valence-corrected chi connectivity index (χ4v) is 3.88. The number of aromatic nitrogens is 2. The lowest BCUT2D eigenvalue weighted by molar-refractivity contribution is -0.136. The molecule has 0 radical (unpaired) electrons. The molecule has 1 aromatic carbocycles. The van der Waals surface area contributed by atoms with E-state index in [1.165, 1.54) is 7.11 Å². The summed E-state index contributed by atoms with van der Waals surface area (Å²) in [6.07, 6.45) is 0. The molecule has 0 fully saturated rings. The SMILES string of the molecule is COC(=O)C1=C(C)Nc2nc3ccccc3n2C1c1cccs1. The fourth-order valence-electron chi connectivity index (χ4n) is 3.05. The Morgan fingerprint density at radius 1 is 1.30 bits per heavy atom. The summed E-state index contributed by atoms with van der Waals surface area (Å²) < 4.78 is 7.10. The molecule has 3 aromatic rings. The third kappa shape index (κ3) is 2.06. The van der Waals surface area contributed by atoms with Crippen molar-refractivity contribution in [2.45, 2.75) is 13.0 Å². The molecule has 1 aliphatic heterocycles. The Morgan fingerprint density at radius 2 is 2.13 bits per heavy atom. The van der Waals surface area contributed by atoms with E-state index in [0.717, 1.165) is 27.6 Å². The second kappa shape index (κ2) is 5.24. The number of allylic oxidation sites excluding steroid dienone is 1. The molecule has 3 heterocycles. The lowest BCUT2D eigenvalue weighted by Gasteiger charge is -2.28. The lowest BCUT2D eigenvalue weighted by Crippen LogP contribution is -2.28. The van der Waals surface area contributed by atoms with Crippen molar-refractivity contribution in [3.05, 3.63) is 57.9 Å². The highest BCUT2D eigenvalue weighted by atomic mass is 32.1. The molecule has 0 saturated carbocycles. The standard InChI is InChI=1S/C17H15N3O2S/c1-10-14(16(21)22-2)15(13-8-5-9-23-13)20-12-7-4-3-6-11(12)19-17(20)18-10/h3-9,15H,1-2H3,(H,18,19). The van der Waals surface area contributed by atoms with Gasteiger partial charge in [-0.2, -0.15) is 0 Å².